The van der Waals surface area contributed by atoms with Crippen LogP contribution in [0, 0.1) is 6.92 Å². The summed E-state index contributed by atoms with van der Waals surface area (Å²) < 4.78 is 11.4. The summed E-state index contributed by atoms with van der Waals surface area (Å²) in [6.07, 6.45) is -2.43. The van der Waals surface area contributed by atoms with E-state index in [0.29, 0.717) is 6.42 Å². The second-order valence-corrected chi connectivity index (χ2v) is 9.84. The highest BCUT2D eigenvalue weighted by Crippen LogP contribution is 2.45. The molecule has 0 unspecified atom stereocenters. The van der Waals surface area contributed by atoms with E-state index in [9.17, 15) is 45.3 Å². The lowest BCUT2D eigenvalue weighted by atomic mass is 9.80. The van der Waals surface area contributed by atoms with Crippen LogP contribution in [0.5, 0.6) is 17.2 Å². The molecule has 210 valence electrons. The Morgan fingerprint density at radius 2 is 1.74 bits per heavy atom. The highest BCUT2D eigenvalue weighted by Gasteiger charge is 2.55. The molecule has 0 aliphatic carbocycles. The van der Waals surface area contributed by atoms with E-state index < -0.39 is 60.1 Å². The van der Waals surface area contributed by atoms with Gasteiger partial charge in [0.1, 0.15) is 41.2 Å². The van der Waals surface area contributed by atoms with Gasteiger partial charge in [0.2, 0.25) is 6.29 Å². The maximum absolute atomic E-state index is 12.2. The van der Waals surface area contributed by atoms with Crippen molar-refractivity contribution in [2.75, 3.05) is 6.61 Å². The SMILES string of the molecule is CCCCCCC[C@]1(O)[C@H](O)[C@@H](O)[C@H](Oc2cc(C(=O)O)cc3c(O)c(C)c(C(C)=O)c(O)c23)O[C@@H]1CO. The molecule has 38 heavy (non-hydrogen) atoms. The number of aliphatic hydroxyl groups excluding tert-OH is 3. The van der Waals surface area contributed by atoms with Crippen molar-refractivity contribution in [2.45, 2.75) is 89.5 Å². The molecule has 1 aliphatic rings. The third-order valence-electron chi connectivity index (χ3n) is 7.22. The van der Waals surface area contributed by atoms with Crippen molar-refractivity contribution in [1.82, 2.24) is 0 Å². The first kappa shape index (κ1) is 29.6. The van der Waals surface area contributed by atoms with Crippen LogP contribution in [-0.4, -0.2) is 84.3 Å². The van der Waals surface area contributed by atoms with Gasteiger partial charge in [-0.15, -0.1) is 0 Å². The zero-order chi connectivity index (χ0) is 28.4. The Labute approximate surface area is 219 Å². The molecule has 0 aromatic heterocycles. The highest BCUT2D eigenvalue weighted by molar-refractivity contribution is 6.11. The van der Waals surface area contributed by atoms with Crippen molar-refractivity contribution in [3.8, 4) is 17.2 Å². The number of ether oxygens (including phenoxy) is 2. The molecule has 11 heteroatoms. The quantitative estimate of drug-likeness (QED) is 0.127. The van der Waals surface area contributed by atoms with Crippen LogP contribution in [0.2, 0.25) is 0 Å². The number of phenols is 2. The van der Waals surface area contributed by atoms with Gasteiger partial charge < -0.3 is 45.2 Å². The summed E-state index contributed by atoms with van der Waals surface area (Å²) in [7, 11) is 0. The zero-order valence-corrected chi connectivity index (χ0v) is 21.7. The molecule has 11 nitrogen and oxygen atoms in total. The lowest BCUT2D eigenvalue weighted by Gasteiger charge is -2.47. The zero-order valence-electron chi connectivity index (χ0n) is 21.7. The summed E-state index contributed by atoms with van der Waals surface area (Å²) in [6.45, 7) is 3.91. The summed E-state index contributed by atoms with van der Waals surface area (Å²) in [5.74, 6) is -3.36. The van der Waals surface area contributed by atoms with E-state index >= 15 is 0 Å². The number of aliphatic hydroxyl groups is 4. The molecule has 0 bridgehead atoms. The van der Waals surface area contributed by atoms with Crippen molar-refractivity contribution in [3.63, 3.8) is 0 Å². The third kappa shape index (κ3) is 5.43. The number of aromatic carboxylic acids is 1. The van der Waals surface area contributed by atoms with E-state index in [1.807, 2.05) is 0 Å². The number of hydrogen-bond acceptors (Lipinski definition) is 10. The largest absolute Gasteiger partial charge is 0.507 e. The molecule has 0 amide bonds. The van der Waals surface area contributed by atoms with Crippen LogP contribution >= 0.6 is 0 Å². The number of carboxylic acids is 1. The Morgan fingerprint density at radius 3 is 2.32 bits per heavy atom. The molecule has 0 spiro atoms. The Balaban J connectivity index is 2.03. The molecule has 1 heterocycles. The number of carbonyl (C=O) groups excluding carboxylic acids is 1. The Kier molecular flexibility index (Phi) is 9.21. The third-order valence-corrected chi connectivity index (χ3v) is 7.22. The second kappa shape index (κ2) is 11.8. The van der Waals surface area contributed by atoms with Gasteiger partial charge in [0, 0.05) is 10.9 Å². The molecular formula is C27H36O11. The van der Waals surface area contributed by atoms with Crippen molar-refractivity contribution in [2.24, 2.45) is 0 Å². The number of carboxylic acid groups (broad SMARTS) is 1. The number of rotatable bonds is 11. The first-order valence-electron chi connectivity index (χ1n) is 12.7. The standard InChI is InChI=1S/C27H36O11/c1-4-5-6-7-8-9-27(36)18(12-28)38-26(23(32)24(27)33)37-17-11-15(25(34)35)10-16-20(17)22(31)19(14(3)29)13(2)21(16)30/h10-11,18,23-24,26,28,30-33,36H,4-9,12H2,1-3H3,(H,34,35)/t18-,23-,24-,26-,27-/m1/s1. The summed E-state index contributed by atoms with van der Waals surface area (Å²) >= 11 is 0. The first-order chi connectivity index (χ1) is 17.9. The summed E-state index contributed by atoms with van der Waals surface area (Å²) in [5, 5.41) is 73.7. The van der Waals surface area contributed by atoms with Gasteiger partial charge in [-0.25, -0.2) is 4.79 Å². The van der Waals surface area contributed by atoms with Gasteiger partial charge in [-0.3, -0.25) is 4.79 Å². The second-order valence-electron chi connectivity index (χ2n) is 9.84. The Bertz CT molecular complexity index is 1190. The monoisotopic (exact) mass is 536 g/mol. The minimum Gasteiger partial charge on any atom is -0.507 e. The van der Waals surface area contributed by atoms with Crippen molar-refractivity contribution >= 4 is 22.5 Å². The first-order valence-corrected chi connectivity index (χ1v) is 12.7. The number of aromatic hydroxyl groups is 2. The average molecular weight is 537 g/mol. The number of carbonyl (C=O) groups is 2. The summed E-state index contributed by atoms with van der Waals surface area (Å²) in [6, 6.07) is 2.10. The van der Waals surface area contributed by atoms with Gasteiger partial charge in [0.15, 0.2) is 5.78 Å². The normalized spacial score (nSPS) is 25.4. The van der Waals surface area contributed by atoms with Crippen LogP contribution in [0.3, 0.4) is 0 Å². The molecule has 0 radical (unpaired) electrons. The van der Waals surface area contributed by atoms with Gasteiger partial charge in [-0.05, 0) is 32.4 Å². The van der Waals surface area contributed by atoms with Crippen LogP contribution in [0.1, 0.15) is 78.7 Å². The lowest BCUT2D eigenvalue weighted by molar-refractivity contribution is -0.315. The topological polar surface area (TPSA) is 194 Å². The maximum Gasteiger partial charge on any atom is 0.335 e. The minimum atomic E-state index is -1.98. The van der Waals surface area contributed by atoms with E-state index in [-0.39, 0.29) is 39.6 Å². The molecule has 7 N–H and O–H groups in total. The van der Waals surface area contributed by atoms with Crippen LogP contribution in [0.4, 0.5) is 0 Å². The molecular weight excluding hydrogens is 500 g/mol. The van der Waals surface area contributed by atoms with Crippen LogP contribution in [0.15, 0.2) is 12.1 Å². The fraction of sp³-hybridized carbons (Fsp3) is 0.556. The number of phenolic OH excluding ortho intramolecular Hbond substituents is 2. The van der Waals surface area contributed by atoms with Crippen LogP contribution < -0.4 is 4.74 Å². The van der Waals surface area contributed by atoms with Crippen molar-refractivity contribution in [1.29, 1.82) is 0 Å². The number of benzene rings is 2. The van der Waals surface area contributed by atoms with Gasteiger partial charge in [0.05, 0.1) is 23.1 Å². The van der Waals surface area contributed by atoms with Gasteiger partial charge in [-0.2, -0.15) is 0 Å². The molecule has 5 atom stereocenters. The van der Waals surface area contributed by atoms with Gasteiger partial charge in [0.25, 0.3) is 0 Å². The van der Waals surface area contributed by atoms with Gasteiger partial charge in [-0.1, -0.05) is 39.0 Å². The molecule has 1 aliphatic heterocycles. The fourth-order valence-corrected chi connectivity index (χ4v) is 5.06. The van der Waals surface area contributed by atoms with Gasteiger partial charge >= 0.3 is 5.97 Å². The number of fused-ring (bicyclic) bond motifs is 1. The lowest BCUT2D eigenvalue weighted by Crippen LogP contribution is -2.67. The van der Waals surface area contributed by atoms with E-state index in [1.165, 1.54) is 13.8 Å². The maximum atomic E-state index is 12.2. The van der Waals surface area contributed by atoms with Crippen LogP contribution in [0.25, 0.3) is 10.8 Å². The van der Waals surface area contributed by atoms with E-state index in [1.54, 1.807) is 0 Å². The van der Waals surface area contributed by atoms with E-state index in [4.69, 9.17) is 9.47 Å². The fourth-order valence-electron chi connectivity index (χ4n) is 5.06. The number of ketones is 1. The highest BCUT2D eigenvalue weighted by atomic mass is 16.7. The Morgan fingerprint density at radius 1 is 1.08 bits per heavy atom. The molecule has 2 aromatic carbocycles. The van der Waals surface area contributed by atoms with Crippen LogP contribution in [-0.2, 0) is 4.74 Å². The Hall–Kier alpha value is -2.96. The smallest absolute Gasteiger partial charge is 0.335 e. The predicted molar refractivity (Wildman–Crippen MR) is 136 cm³/mol. The van der Waals surface area contributed by atoms with E-state index in [0.717, 1.165) is 37.8 Å². The number of unbranched alkanes of at least 4 members (excludes halogenated alkanes) is 4. The predicted octanol–water partition coefficient (Wildman–Crippen LogP) is 2.37. The molecule has 3 rings (SSSR count). The number of hydrogen-bond donors (Lipinski definition) is 7. The summed E-state index contributed by atoms with van der Waals surface area (Å²) in [5.41, 5.74) is -2.50. The van der Waals surface area contributed by atoms with Crippen molar-refractivity contribution < 1.29 is 54.8 Å². The molecule has 0 saturated carbocycles. The van der Waals surface area contributed by atoms with E-state index in [2.05, 4.69) is 6.92 Å². The number of Topliss-reactive ketones (excluding diaryl/α,β-unsaturated/α-hetero) is 1. The summed E-state index contributed by atoms with van der Waals surface area (Å²) in [4.78, 5) is 24.0. The molecule has 2 aromatic rings. The van der Waals surface area contributed by atoms with Crippen molar-refractivity contribution in [3.05, 3.63) is 28.8 Å². The minimum absolute atomic E-state index is 0.0321. The molecule has 1 saturated heterocycles. The average Bonchev–Trinajstić information content (AvgIpc) is 2.87. The molecule has 1 fully saturated rings.